The number of rotatable bonds is 5. The van der Waals surface area contributed by atoms with Crippen LogP contribution in [0.3, 0.4) is 0 Å². The van der Waals surface area contributed by atoms with Crippen LogP contribution in [0.4, 0.5) is 10.5 Å². The summed E-state index contributed by atoms with van der Waals surface area (Å²) in [5.41, 5.74) is 1.09. The summed E-state index contributed by atoms with van der Waals surface area (Å²) >= 11 is 0. The Bertz CT molecular complexity index is 737. The zero-order valence-electron chi connectivity index (χ0n) is 17.1. The summed E-state index contributed by atoms with van der Waals surface area (Å²) in [4.78, 5) is 28.8. The Morgan fingerprint density at radius 3 is 2.59 bits per heavy atom. The summed E-state index contributed by atoms with van der Waals surface area (Å²) in [6.07, 6.45) is 2.68. The van der Waals surface area contributed by atoms with E-state index in [2.05, 4.69) is 20.7 Å². The molecule has 160 valence electrons. The minimum Gasteiger partial charge on any atom is -0.394 e. The summed E-state index contributed by atoms with van der Waals surface area (Å²) < 4.78 is 10.9. The average Bonchev–Trinajstić information content (AvgIpc) is 3.01. The van der Waals surface area contributed by atoms with Crippen molar-refractivity contribution in [3.05, 3.63) is 23.6 Å². The maximum Gasteiger partial charge on any atom is 0.319 e. The third kappa shape index (κ3) is 5.34. The Kier molecular flexibility index (Phi) is 6.88. The van der Waals surface area contributed by atoms with E-state index in [1.165, 1.54) is 0 Å². The van der Waals surface area contributed by atoms with Gasteiger partial charge in [-0.15, -0.1) is 0 Å². The summed E-state index contributed by atoms with van der Waals surface area (Å²) in [6, 6.07) is -0.974. The fourth-order valence-electron chi connectivity index (χ4n) is 3.46. The van der Waals surface area contributed by atoms with E-state index in [1.54, 1.807) is 26.0 Å². The smallest absolute Gasteiger partial charge is 0.319 e. The number of aliphatic hydroxyl groups excluding tert-OH is 1. The van der Waals surface area contributed by atoms with Crippen molar-refractivity contribution >= 4 is 17.6 Å². The Morgan fingerprint density at radius 1 is 1.24 bits per heavy atom. The number of piperazine rings is 1. The van der Waals surface area contributed by atoms with Gasteiger partial charge in [0.15, 0.2) is 5.76 Å². The molecule has 0 aromatic carbocycles. The van der Waals surface area contributed by atoms with Gasteiger partial charge in [-0.1, -0.05) is 17.3 Å². The van der Waals surface area contributed by atoms with E-state index in [4.69, 9.17) is 9.26 Å². The molecule has 1 aromatic heterocycles. The molecule has 0 unspecified atom stereocenters. The molecule has 3 amide bonds. The van der Waals surface area contributed by atoms with Crippen LogP contribution in [-0.2, 0) is 9.53 Å². The molecule has 0 spiro atoms. The number of amides is 3. The van der Waals surface area contributed by atoms with E-state index >= 15 is 0 Å². The number of aryl methyl sites for hydroxylation is 2. The van der Waals surface area contributed by atoms with Crippen molar-refractivity contribution in [2.75, 3.05) is 45.2 Å². The first-order chi connectivity index (χ1) is 13.9. The zero-order valence-corrected chi connectivity index (χ0v) is 17.1. The number of ether oxygens (including phenoxy) is 1. The largest absolute Gasteiger partial charge is 0.394 e. The molecule has 3 heterocycles. The number of nitrogens with zero attached hydrogens (tertiary/aromatic N) is 3. The number of hydrogen-bond donors (Lipinski definition) is 3. The summed E-state index contributed by atoms with van der Waals surface area (Å²) in [6.45, 7) is 6.30. The number of nitrogens with one attached hydrogen (secondary N) is 2. The zero-order chi connectivity index (χ0) is 21.0. The molecule has 2 aliphatic rings. The van der Waals surface area contributed by atoms with E-state index in [0.29, 0.717) is 30.2 Å². The standard InChI is InChI=1S/C19H29N5O5/c1-12-18(13(2)29-22-12)21-19(27)20-15-5-4-14(28-16(15)11-25)10-17(26)24-8-6-23(3)7-9-24/h4-5,14-16,25H,6-11H2,1-3H3,(H2,20,21,27)/t14-,15-,16-/m1/s1. The minimum absolute atomic E-state index is 0.0343. The Morgan fingerprint density at radius 2 is 1.97 bits per heavy atom. The number of likely N-dealkylation sites (N-methyl/N-ethyl adjacent to an activating group) is 1. The summed E-state index contributed by atoms with van der Waals surface area (Å²) in [5.74, 6) is 0.543. The van der Waals surface area contributed by atoms with Crippen LogP contribution in [0.15, 0.2) is 16.7 Å². The summed E-state index contributed by atoms with van der Waals surface area (Å²) in [5, 5.41) is 18.9. The average molecular weight is 407 g/mol. The third-order valence-electron chi connectivity index (χ3n) is 5.26. The molecular weight excluding hydrogens is 378 g/mol. The second kappa shape index (κ2) is 9.38. The second-order valence-electron chi connectivity index (χ2n) is 7.49. The molecule has 10 nitrogen and oxygen atoms in total. The van der Waals surface area contributed by atoms with Crippen molar-refractivity contribution in [2.24, 2.45) is 0 Å². The first-order valence-electron chi connectivity index (χ1n) is 9.78. The van der Waals surface area contributed by atoms with Gasteiger partial charge in [0.1, 0.15) is 17.5 Å². The van der Waals surface area contributed by atoms with Gasteiger partial charge in [-0.05, 0) is 20.9 Å². The van der Waals surface area contributed by atoms with Crippen molar-refractivity contribution in [1.82, 2.24) is 20.3 Å². The van der Waals surface area contributed by atoms with E-state index in [9.17, 15) is 14.7 Å². The Labute approximate surface area is 169 Å². The fourth-order valence-corrected chi connectivity index (χ4v) is 3.46. The molecule has 0 aliphatic carbocycles. The van der Waals surface area contributed by atoms with Gasteiger partial charge >= 0.3 is 6.03 Å². The molecule has 0 bridgehead atoms. The predicted octanol–water partition coefficient (Wildman–Crippen LogP) is 0.262. The lowest BCUT2D eigenvalue weighted by Crippen LogP contribution is -2.51. The maximum atomic E-state index is 12.5. The van der Waals surface area contributed by atoms with Crippen molar-refractivity contribution in [3.63, 3.8) is 0 Å². The number of aliphatic hydroxyl groups is 1. The lowest BCUT2D eigenvalue weighted by molar-refractivity contribution is -0.137. The number of urea groups is 1. The SMILES string of the molecule is Cc1noc(C)c1NC(=O)N[C@@H]1C=C[C@H](CC(=O)N2CCN(C)CC2)O[C@@H]1CO. The molecule has 3 N–H and O–H groups in total. The number of anilines is 1. The highest BCUT2D eigenvalue weighted by Gasteiger charge is 2.30. The molecule has 29 heavy (non-hydrogen) atoms. The van der Waals surface area contributed by atoms with Gasteiger partial charge in [0.2, 0.25) is 5.91 Å². The number of hydrogen-bond acceptors (Lipinski definition) is 7. The highest BCUT2D eigenvalue weighted by atomic mass is 16.5. The Hall–Kier alpha value is -2.43. The van der Waals surface area contributed by atoms with E-state index in [-0.39, 0.29) is 18.9 Å². The van der Waals surface area contributed by atoms with Crippen LogP contribution in [-0.4, -0.2) is 90.1 Å². The van der Waals surface area contributed by atoms with Crippen molar-refractivity contribution in [1.29, 1.82) is 0 Å². The predicted molar refractivity (Wildman–Crippen MR) is 106 cm³/mol. The van der Waals surface area contributed by atoms with Crippen molar-refractivity contribution in [2.45, 2.75) is 38.5 Å². The van der Waals surface area contributed by atoms with Gasteiger partial charge in [-0.2, -0.15) is 0 Å². The number of aromatic nitrogens is 1. The number of carbonyl (C=O) groups excluding carboxylic acids is 2. The van der Waals surface area contributed by atoms with Crippen LogP contribution in [0.25, 0.3) is 0 Å². The highest BCUT2D eigenvalue weighted by Crippen LogP contribution is 2.20. The molecule has 1 fully saturated rings. The topological polar surface area (TPSA) is 120 Å². The van der Waals surface area contributed by atoms with Crippen LogP contribution >= 0.6 is 0 Å². The van der Waals surface area contributed by atoms with Crippen LogP contribution < -0.4 is 10.6 Å². The molecule has 0 saturated carbocycles. The monoisotopic (exact) mass is 407 g/mol. The van der Waals surface area contributed by atoms with Crippen LogP contribution in [0.1, 0.15) is 17.9 Å². The normalized spacial score (nSPS) is 25.1. The van der Waals surface area contributed by atoms with Crippen LogP contribution in [0, 0.1) is 13.8 Å². The maximum absolute atomic E-state index is 12.5. The molecule has 10 heteroatoms. The molecule has 1 aromatic rings. The minimum atomic E-state index is -0.638. The molecule has 2 aliphatic heterocycles. The quantitative estimate of drug-likeness (QED) is 0.599. The lowest BCUT2D eigenvalue weighted by atomic mass is 10.0. The molecule has 3 atom stereocenters. The molecule has 0 radical (unpaired) electrons. The van der Waals surface area contributed by atoms with Gasteiger partial charge < -0.3 is 34.8 Å². The second-order valence-corrected chi connectivity index (χ2v) is 7.49. The van der Waals surface area contributed by atoms with Gasteiger partial charge in [0.05, 0.1) is 25.2 Å². The van der Waals surface area contributed by atoms with E-state index in [0.717, 1.165) is 13.1 Å². The van der Waals surface area contributed by atoms with Gasteiger partial charge in [-0.25, -0.2) is 4.79 Å². The molecule has 3 rings (SSSR count). The van der Waals surface area contributed by atoms with E-state index in [1.807, 2.05) is 11.9 Å². The highest BCUT2D eigenvalue weighted by molar-refractivity contribution is 5.90. The van der Waals surface area contributed by atoms with Gasteiger partial charge in [0, 0.05) is 26.2 Å². The molecular formula is C19H29N5O5. The van der Waals surface area contributed by atoms with Gasteiger partial charge in [0.25, 0.3) is 0 Å². The molecule has 1 saturated heterocycles. The number of carbonyl (C=O) groups is 2. The van der Waals surface area contributed by atoms with E-state index < -0.39 is 24.3 Å². The first kappa shape index (κ1) is 21.3. The summed E-state index contributed by atoms with van der Waals surface area (Å²) in [7, 11) is 2.04. The van der Waals surface area contributed by atoms with Gasteiger partial charge in [-0.3, -0.25) is 4.79 Å². The van der Waals surface area contributed by atoms with Crippen LogP contribution in [0.2, 0.25) is 0 Å². The van der Waals surface area contributed by atoms with Crippen LogP contribution in [0.5, 0.6) is 0 Å². The lowest BCUT2D eigenvalue weighted by Gasteiger charge is -2.35. The first-order valence-corrected chi connectivity index (χ1v) is 9.78. The third-order valence-corrected chi connectivity index (χ3v) is 5.26. The Balaban J connectivity index is 1.54. The van der Waals surface area contributed by atoms with Crippen molar-refractivity contribution < 1.29 is 24.0 Å². The van der Waals surface area contributed by atoms with Crippen molar-refractivity contribution in [3.8, 4) is 0 Å². The fraction of sp³-hybridized carbons (Fsp3) is 0.632.